The van der Waals surface area contributed by atoms with E-state index >= 15 is 0 Å². The van der Waals surface area contributed by atoms with E-state index in [4.69, 9.17) is 23.2 Å². The highest BCUT2D eigenvalue weighted by Crippen LogP contribution is 2.25. The molecule has 0 aliphatic rings. The summed E-state index contributed by atoms with van der Waals surface area (Å²) in [6, 6.07) is 4.63. The maximum absolute atomic E-state index is 11.9. The number of aromatic amines is 1. The lowest BCUT2D eigenvalue weighted by atomic mass is 10.2. The van der Waals surface area contributed by atoms with Gasteiger partial charge in [0.25, 0.3) is 11.5 Å². The van der Waals surface area contributed by atoms with Gasteiger partial charge in [0.2, 0.25) is 0 Å². The van der Waals surface area contributed by atoms with Gasteiger partial charge in [-0.1, -0.05) is 23.2 Å². The van der Waals surface area contributed by atoms with Crippen molar-refractivity contribution in [2.45, 2.75) is 6.92 Å². The molecule has 0 saturated carbocycles. The smallest absolute Gasteiger partial charge is 0.263 e. The van der Waals surface area contributed by atoms with Crippen LogP contribution in [0, 0.1) is 6.92 Å². The molecule has 2 N–H and O–H groups in total. The number of hydrogen-bond acceptors (Lipinski definition) is 3. The first-order valence-corrected chi connectivity index (χ1v) is 6.05. The standard InChI is InChI=1S/C12H9Cl2N3O2/c1-6-15-5-8(11(18)16-6)12(19)17-10-3-2-7(13)4-9(10)14/h2-5H,1H3,(H,17,19)(H,15,16,18). The molecule has 0 aliphatic heterocycles. The van der Waals surface area contributed by atoms with Crippen molar-refractivity contribution in [3.8, 4) is 0 Å². The minimum atomic E-state index is -0.585. The van der Waals surface area contributed by atoms with E-state index in [9.17, 15) is 9.59 Å². The van der Waals surface area contributed by atoms with Crippen molar-refractivity contribution < 1.29 is 4.79 Å². The van der Waals surface area contributed by atoms with E-state index in [1.165, 1.54) is 12.3 Å². The highest BCUT2D eigenvalue weighted by Gasteiger charge is 2.13. The van der Waals surface area contributed by atoms with Crippen LogP contribution in [0.4, 0.5) is 5.69 Å². The van der Waals surface area contributed by atoms with Crippen molar-refractivity contribution in [2.75, 3.05) is 5.32 Å². The highest BCUT2D eigenvalue weighted by atomic mass is 35.5. The van der Waals surface area contributed by atoms with E-state index in [1.807, 2.05) is 0 Å². The number of aryl methyl sites for hydroxylation is 1. The molecular weight excluding hydrogens is 289 g/mol. The van der Waals surface area contributed by atoms with E-state index in [1.54, 1.807) is 19.1 Å². The Morgan fingerprint density at radius 3 is 2.74 bits per heavy atom. The number of anilines is 1. The van der Waals surface area contributed by atoms with Gasteiger partial charge < -0.3 is 10.3 Å². The van der Waals surface area contributed by atoms with Gasteiger partial charge in [0.15, 0.2) is 0 Å². The van der Waals surface area contributed by atoms with Gasteiger partial charge in [-0.15, -0.1) is 0 Å². The molecule has 0 spiro atoms. The van der Waals surface area contributed by atoms with Gasteiger partial charge in [0, 0.05) is 11.2 Å². The van der Waals surface area contributed by atoms with Crippen molar-refractivity contribution in [2.24, 2.45) is 0 Å². The Morgan fingerprint density at radius 1 is 1.37 bits per heavy atom. The van der Waals surface area contributed by atoms with Crippen LogP contribution in [0.5, 0.6) is 0 Å². The van der Waals surface area contributed by atoms with Gasteiger partial charge in [0.1, 0.15) is 11.4 Å². The van der Waals surface area contributed by atoms with Crippen LogP contribution in [0.2, 0.25) is 10.0 Å². The van der Waals surface area contributed by atoms with Crippen LogP contribution in [-0.2, 0) is 0 Å². The number of amides is 1. The third kappa shape index (κ3) is 3.13. The Hall–Kier alpha value is -1.85. The van der Waals surface area contributed by atoms with Crippen LogP contribution < -0.4 is 10.9 Å². The fraction of sp³-hybridized carbons (Fsp3) is 0.0833. The molecule has 0 aliphatic carbocycles. The number of halogens is 2. The molecule has 1 amide bonds. The Balaban J connectivity index is 2.28. The molecule has 1 heterocycles. The van der Waals surface area contributed by atoms with Crippen LogP contribution in [0.15, 0.2) is 29.2 Å². The summed E-state index contributed by atoms with van der Waals surface area (Å²) >= 11 is 11.7. The molecule has 0 unspecified atom stereocenters. The summed E-state index contributed by atoms with van der Waals surface area (Å²) in [7, 11) is 0. The van der Waals surface area contributed by atoms with Crippen LogP contribution in [0.25, 0.3) is 0 Å². The predicted molar refractivity (Wildman–Crippen MR) is 74.0 cm³/mol. The fourth-order valence-electron chi connectivity index (χ4n) is 1.43. The van der Waals surface area contributed by atoms with E-state index in [0.717, 1.165) is 0 Å². The molecule has 98 valence electrons. The number of carbonyl (C=O) groups excluding carboxylic acids is 1. The van der Waals surface area contributed by atoms with Gasteiger partial charge in [-0.25, -0.2) is 4.98 Å². The molecule has 0 atom stereocenters. The van der Waals surface area contributed by atoms with Gasteiger partial charge in [-0.2, -0.15) is 0 Å². The van der Waals surface area contributed by atoms with Gasteiger partial charge >= 0.3 is 0 Å². The Kier molecular flexibility index (Phi) is 3.87. The molecule has 0 fully saturated rings. The molecule has 7 heteroatoms. The SMILES string of the molecule is Cc1ncc(C(=O)Nc2ccc(Cl)cc2Cl)c(=O)[nH]1. The molecular formula is C12H9Cl2N3O2. The zero-order valence-electron chi connectivity index (χ0n) is 9.83. The van der Waals surface area contributed by atoms with Crippen LogP contribution in [0.3, 0.4) is 0 Å². The highest BCUT2D eigenvalue weighted by molar-refractivity contribution is 6.36. The lowest BCUT2D eigenvalue weighted by molar-refractivity contribution is 0.102. The van der Waals surface area contributed by atoms with E-state index in [0.29, 0.717) is 16.5 Å². The van der Waals surface area contributed by atoms with Crippen LogP contribution >= 0.6 is 23.2 Å². The minimum absolute atomic E-state index is 0.0865. The molecule has 0 saturated heterocycles. The van der Waals surface area contributed by atoms with Crippen molar-refractivity contribution in [3.63, 3.8) is 0 Å². The zero-order chi connectivity index (χ0) is 14.0. The Bertz CT molecular complexity index is 698. The largest absolute Gasteiger partial charge is 0.320 e. The molecule has 19 heavy (non-hydrogen) atoms. The Labute approximate surface area is 118 Å². The normalized spacial score (nSPS) is 10.3. The third-order valence-corrected chi connectivity index (χ3v) is 2.90. The zero-order valence-corrected chi connectivity index (χ0v) is 11.3. The number of H-pyrrole nitrogens is 1. The molecule has 5 nitrogen and oxygen atoms in total. The predicted octanol–water partition coefficient (Wildman–Crippen LogP) is 2.64. The Morgan fingerprint density at radius 2 is 2.11 bits per heavy atom. The summed E-state index contributed by atoms with van der Waals surface area (Å²) in [5.41, 5.74) is -0.220. The van der Waals surface area contributed by atoms with Gasteiger partial charge in [0.05, 0.1) is 10.7 Å². The van der Waals surface area contributed by atoms with E-state index in [2.05, 4.69) is 15.3 Å². The van der Waals surface area contributed by atoms with Crippen molar-refractivity contribution >= 4 is 34.8 Å². The first-order chi connectivity index (χ1) is 8.97. The number of rotatable bonds is 2. The summed E-state index contributed by atoms with van der Waals surface area (Å²) in [5, 5.41) is 3.27. The fourth-order valence-corrected chi connectivity index (χ4v) is 1.88. The molecule has 2 aromatic rings. The van der Waals surface area contributed by atoms with Crippen molar-refractivity contribution in [1.82, 2.24) is 9.97 Å². The van der Waals surface area contributed by atoms with E-state index < -0.39 is 11.5 Å². The molecule has 1 aromatic carbocycles. The second kappa shape index (κ2) is 5.42. The second-order valence-corrected chi connectivity index (χ2v) is 4.63. The first-order valence-electron chi connectivity index (χ1n) is 5.29. The summed E-state index contributed by atoms with van der Waals surface area (Å²) in [5.74, 6) is -0.149. The maximum Gasteiger partial charge on any atom is 0.263 e. The number of nitrogens with zero attached hydrogens (tertiary/aromatic N) is 1. The quantitative estimate of drug-likeness (QED) is 0.895. The van der Waals surface area contributed by atoms with Crippen molar-refractivity contribution in [3.05, 3.63) is 56.2 Å². The lowest BCUT2D eigenvalue weighted by Crippen LogP contribution is -2.24. The van der Waals surface area contributed by atoms with E-state index in [-0.39, 0.29) is 10.6 Å². The monoisotopic (exact) mass is 297 g/mol. The van der Waals surface area contributed by atoms with Gasteiger partial charge in [-0.05, 0) is 25.1 Å². The number of benzene rings is 1. The summed E-state index contributed by atoms with van der Waals surface area (Å²) < 4.78 is 0. The number of aromatic nitrogens is 2. The summed E-state index contributed by atoms with van der Waals surface area (Å²) in [6.45, 7) is 1.62. The number of carbonyl (C=O) groups is 1. The first kappa shape index (κ1) is 13.6. The maximum atomic E-state index is 11.9. The molecule has 0 bridgehead atoms. The van der Waals surface area contributed by atoms with Crippen LogP contribution in [0.1, 0.15) is 16.2 Å². The number of nitrogens with one attached hydrogen (secondary N) is 2. The third-order valence-electron chi connectivity index (χ3n) is 2.35. The lowest BCUT2D eigenvalue weighted by Gasteiger charge is -2.06. The molecule has 2 rings (SSSR count). The molecule has 1 aromatic heterocycles. The molecule has 0 radical (unpaired) electrons. The van der Waals surface area contributed by atoms with Gasteiger partial charge in [-0.3, -0.25) is 9.59 Å². The van der Waals surface area contributed by atoms with Crippen LogP contribution in [-0.4, -0.2) is 15.9 Å². The average molecular weight is 298 g/mol. The topological polar surface area (TPSA) is 74.8 Å². The second-order valence-electron chi connectivity index (χ2n) is 3.79. The minimum Gasteiger partial charge on any atom is -0.320 e. The average Bonchev–Trinajstić information content (AvgIpc) is 2.32. The number of hydrogen-bond donors (Lipinski definition) is 2. The van der Waals surface area contributed by atoms with Crippen molar-refractivity contribution in [1.29, 1.82) is 0 Å². The summed E-state index contributed by atoms with van der Waals surface area (Å²) in [4.78, 5) is 29.8. The summed E-state index contributed by atoms with van der Waals surface area (Å²) in [6.07, 6.45) is 1.22.